The molecule has 3 unspecified atom stereocenters. The van der Waals surface area contributed by atoms with E-state index in [1.165, 1.54) is 18.5 Å². The Kier molecular flexibility index (Phi) is 3.22. The van der Waals surface area contributed by atoms with Crippen LogP contribution in [0.1, 0.15) is 31.4 Å². The molecule has 0 aromatic heterocycles. The van der Waals surface area contributed by atoms with Crippen molar-refractivity contribution in [2.75, 3.05) is 18.0 Å². The Morgan fingerprint density at radius 1 is 1.33 bits per heavy atom. The smallest absolute Gasteiger partial charge is 0.0755 e. The van der Waals surface area contributed by atoms with E-state index in [2.05, 4.69) is 11.0 Å². The predicted molar refractivity (Wildman–Crippen MR) is 74.2 cm³/mol. The minimum atomic E-state index is -0.0209. The summed E-state index contributed by atoms with van der Waals surface area (Å²) in [5.41, 5.74) is 8.07. The van der Waals surface area contributed by atoms with Gasteiger partial charge in [0.2, 0.25) is 0 Å². The Morgan fingerprint density at radius 2 is 2.00 bits per heavy atom. The Bertz CT molecular complexity index is 437. The molecule has 2 saturated heterocycles. The minimum Gasteiger partial charge on any atom is -0.371 e. The second kappa shape index (κ2) is 4.72. The van der Waals surface area contributed by atoms with Crippen LogP contribution in [0.4, 0.5) is 5.69 Å². The number of nitrogens with zero attached hydrogens (tertiary/aromatic N) is 1. The maximum atomic E-state index is 6.29. The average molecular weight is 267 g/mol. The molecule has 0 amide bonds. The van der Waals surface area contributed by atoms with Gasteiger partial charge in [0.05, 0.1) is 12.2 Å². The van der Waals surface area contributed by atoms with E-state index in [-0.39, 0.29) is 6.04 Å². The van der Waals surface area contributed by atoms with Gasteiger partial charge in [-0.2, -0.15) is 0 Å². The van der Waals surface area contributed by atoms with Crippen LogP contribution in [0.15, 0.2) is 18.2 Å². The molecule has 0 radical (unpaired) electrons. The van der Waals surface area contributed by atoms with E-state index in [0.717, 1.165) is 23.7 Å². The lowest BCUT2D eigenvalue weighted by Gasteiger charge is -2.34. The predicted octanol–water partition coefficient (Wildman–Crippen LogP) is 2.73. The van der Waals surface area contributed by atoms with Crippen molar-refractivity contribution in [2.45, 2.75) is 38.0 Å². The molecule has 2 N–H and O–H groups in total. The number of fused-ring (bicyclic) bond motifs is 2. The van der Waals surface area contributed by atoms with Crippen molar-refractivity contribution in [3.63, 3.8) is 0 Å². The van der Waals surface area contributed by atoms with Crippen LogP contribution in [-0.4, -0.2) is 25.3 Å². The van der Waals surface area contributed by atoms with Crippen LogP contribution in [0, 0.1) is 0 Å². The highest BCUT2D eigenvalue weighted by Crippen LogP contribution is 2.32. The molecule has 2 heterocycles. The molecule has 2 aliphatic heterocycles. The molecule has 1 aromatic rings. The number of hydrogen-bond donors (Lipinski definition) is 1. The molecule has 18 heavy (non-hydrogen) atoms. The zero-order valence-electron chi connectivity index (χ0n) is 10.6. The second-order valence-corrected chi connectivity index (χ2v) is 5.76. The van der Waals surface area contributed by atoms with Gasteiger partial charge in [0.15, 0.2) is 0 Å². The summed E-state index contributed by atoms with van der Waals surface area (Å²) in [6.45, 7) is 3.91. The van der Waals surface area contributed by atoms with Gasteiger partial charge in [-0.1, -0.05) is 17.7 Å². The van der Waals surface area contributed by atoms with Crippen molar-refractivity contribution in [2.24, 2.45) is 5.73 Å². The van der Waals surface area contributed by atoms with E-state index in [4.69, 9.17) is 22.1 Å². The molecule has 2 fully saturated rings. The van der Waals surface area contributed by atoms with Crippen LogP contribution in [0.3, 0.4) is 0 Å². The largest absolute Gasteiger partial charge is 0.371 e. The number of morpholine rings is 1. The fraction of sp³-hybridized carbons (Fsp3) is 0.571. The van der Waals surface area contributed by atoms with Gasteiger partial charge >= 0.3 is 0 Å². The summed E-state index contributed by atoms with van der Waals surface area (Å²) in [6.07, 6.45) is 3.17. The van der Waals surface area contributed by atoms with Crippen molar-refractivity contribution >= 4 is 17.3 Å². The maximum Gasteiger partial charge on any atom is 0.0755 e. The fourth-order valence-corrected chi connectivity index (χ4v) is 3.25. The first-order valence-corrected chi connectivity index (χ1v) is 6.96. The number of halogens is 1. The van der Waals surface area contributed by atoms with Gasteiger partial charge < -0.3 is 15.4 Å². The highest BCUT2D eigenvalue weighted by atomic mass is 35.5. The summed E-state index contributed by atoms with van der Waals surface area (Å²) in [4.78, 5) is 2.38. The van der Waals surface area contributed by atoms with E-state index in [1.807, 2.05) is 19.1 Å². The second-order valence-electron chi connectivity index (χ2n) is 5.36. The van der Waals surface area contributed by atoms with Gasteiger partial charge in [0.25, 0.3) is 0 Å². The van der Waals surface area contributed by atoms with Crippen molar-refractivity contribution in [1.82, 2.24) is 0 Å². The SMILES string of the molecule is CC(N)c1ccc(N2CC3CCC(C2)O3)cc1Cl. The van der Waals surface area contributed by atoms with Crippen LogP contribution in [-0.2, 0) is 4.74 Å². The maximum absolute atomic E-state index is 6.29. The van der Waals surface area contributed by atoms with Crippen LogP contribution < -0.4 is 10.6 Å². The van der Waals surface area contributed by atoms with Gasteiger partial charge in [-0.15, -0.1) is 0 Å². The topological polar surface area (TPSA) is 38.5 Å². The van der Waals surface area contributed by atoms with Gasteiger partial charge in [0.1, 0.15) is 0 Å². The molecule has 4 heteroatoms. The Balaban J connectivity index is 1.82. The van der Waals surface area contributed by atoms with Crippen molar-refractivity contribution in [3.05, 3.63) is 28.8 Å². The first kappa shape index (κ1) is 12.3. The monoisotopic (exact) mass is 266 g/mol. The van der Waals surface area contributed by atoms with Crippen LogP contribution >= 0.6 is 11.6 Å². The first-order valence-electron chi connectivity index (χ1n) is 6.59. The molecule has 3 atom stereocenters. The molecular formula is C14H19ClN2O. The third-order valence-corrected chi connectivity index (χ3v) is 4.21. The third kappa shape index (κ3) is 2.22. The van der Waals surface area contributed by atoms with E-state index >= 15 is 0 Å². The van der Waals surface area contributed by atoms with Gasteiger partial charge in [0, 0.05) is 29.8 Å². The van der Waals surface area contributed by atoms with Crippen molar-refractivity contribution in [3.8, 4) is 0 Å². The van der Waals surface area contributed by atoms with E-state index in [0.29, 0.717) is 12.2 Å². The molecule has 3 nitrogen and oxygen atoms in total. The number of ether oxygens (including phenoxy) is 1. The average Bonchev–Trinajstić information content (AvgIpc) is 2.67. The molecule has 2 bridgehead atoms. The van der Waals surface area contributed by atoms with E-state index in [9.17, 15) is 0 Å². The van der Waals surface area contributed by atoms with Gasteiger partial charge in [-0.25, -0.2) is 0 Å². The lowest BCUT2D eigenvalue weighted by molar-refractivity contribution is 0.0305. The number of nitrogens with two attached hydrogens (primary N) is 1. The first-order chi connectivity index (χ1) is 8.63. The molecule has 2 aliphatic rings. The van der Waals surface area contributed by atoms with E-state index < -0.39 is 0 Å². The van der Waals surface area contributed by atoms with Gasteiger partial charge in [-0.05, 0) is 37.5 Å². The van der Waals surface area contributed by atoms with Crippen LogP contribution in [0.5, 0.6) is 0 Å². The number of rotatable bonds is 2. The fourth-order valence-electron chi connectivity index (χ4n) is 2.91. The molecule has 1 aromatic carbocycles. The van der Waals surface area contributed by atoms with Crippen LogP contribution in [0.25, 0.3) is 0 Å². The Morgan fingerprint density at radius 3 is 2.56 bits per heavy atom. The lowest BCUT2D eigenvalue weighted by atomic mass is 10.1. The molecule has 98 valence electrons. The molecule has 3 rings (SSSR count). The lowest BCUT2D eigenvalue weighted by Crippen LogP contribution is -2.42. The summed E-state index contributed by atoms with van der Waals surface area (Å²) in [5.74, 6) is 0. The Labute approximate surface area is 113 Å². The summed E-state index contributed by atoms with van der Waals surface area (Å²) in [6, 6.07) is 6.17. The van der Waals surface area contributed by atoms with Crippen molar-refractivity contribution in [1.29, 1.82) is 0 Å². The Hall–Kier alpha value is -0.770. The number of hydrogen-bond acceptors (Lipinski definition) is 3. The summed E-state index contributed by atoms with van der Waals surface area (Å²) in [5, 5.41) is 0.765. The zero-order chi connectivity index (χ0) is 12.7. The summed E-state index contributed by atoms with van der Waals surface area (Å²) in [7, 11) is 0. The standard InChI is InChI=1S/C14H19ClN2O/c1-9(16)13-5-2-10(6-14(13)15)17-7-11-3-4-12(8-17)18-11/h2,5-6,9,11-12H,3-4,7-8,16H2,1H3. The third-order valence-electron chi connectivity index (χ3n) is 3.88. The number of benzene rings is 1. The zero-order valence-corrected chi connectivity index (χ0v) is 11.4. The minimum absolute atomic E-state index is 0.0209. The van der Waals surface area contributed by atoms with Gasteiger partial charge in [-0.3, -0.25) is 0 Å². The molecule has 0 spiro atoms. The molecule has 0 saturated carbocycles. The quantitative estimate of drug-likeness (QED) is 0.895. The van der Waals surface area contributed by atoms with Crippen molar-refractivity contribution < 1.29 is 4.74 Å². The molecule has 0 aliphatic carbocycles. The molecular weight excluding hydrogens is 248 g/mol. The van der Waals surface area contributed by atoms with Crippen LogP contribution in [0.2, 0.25) is 5.02 Å². The van der Waals surface area contributed by atoms with E-state index in [1.54, 1.807) is 0 Å². The normalized spacial score (nSPS) is 28.5. The highest BCUT2D eigenvalue weighted by Gasteiger charge is 2.33. The highest BCUT2D eigenvalue weighted by molar-refractivity contribution is 6.31. The summed E-state index contributed by atoms with van der Waals surface area (Å²) >= 11 is 6.29. The number of anilines is 1. The summed E-state index contributed by atoms with van der Waals surface area (Å²) < 4.78 is 5.85.